The van der Waals surface area contributed by atoms with E-state index < -0.39 is 0 Å². The summed E-state index contributed by atoms with van der Waals surface area (Å²) < 4.78 is 0. The lowest BCUT2D eigenvalue weighted by Gasteiger charge is -2.26. The average Bonchev–Trinajstić information content (AvgIpc) is 3.03. The minimum Gasteiger partial charge on any atom is -0.508 e. The van der Waals surface area contributed by atoms with Gasteiger partial charge in [-0.25, -0.2) is 0 Å². The topological polar surface area (TPSA) is 26.7 Å². The van der Waals surface area contributed by atoms with Gasteiger partial charge in [-0.05, 0) is 42.1 Å². The summed E-state index contributed by atoms with van der Waals surface area (Å²) in [5.41, 5.74) is 2.65. The minimum atomic E-state index is 0.365. The van der Waals surface area contributed by atoms with Crippen LogP contribution in [0.1, 0.15) is 17.2 Å². The van der Waals surface area contributed by atoms with Crippen molar-refractivity contribution in [1.29, 1.82) is 0 Å². The maximum Gasteiger partial charge on any atom is 0.115 e. The highest BCUT2D eigenvalue weighted by Gasteiger charge is 2.45. The first-order chi connectivity index (χ1) is 11.2. The predicted octanol–water partition coefficient (Wildman–Crippen LogP) is 3.13. The van der Waals surface area contributed by atoms with Crippen LogP contribution in [-0.2, 0) is 6.54 Å². The molecule has 2 aliphatic rings. The molecular weight excluding hydrogens is 284 g/mol. The Hall–Kier alpha value is -1.84. The Balaban J connectivity index is 1.49. The second-order valence-electron chi connectivity index (χ2n) is 7.08. The number of phenolic OH excluding ortho intramolecular Hbond substituents is 1. The first-order valence-corrected chi connectivity index (χ1v) is 8.46. The van der Waals surface area contributed by atoms with E-state index in [1.807, 2.05) is 12.1 Å². The Bertz CT molecular complexity index is 672. The Morgan fingerprint density at radius 3 is 2.61 bits per heavy atom. The van der Waals surface area contributed by atoms with Gasteiger partial charge in [0.1, 0.15) is 5.75 Å². The number of likely N-dealkylation sites (tertiary alicyclic amines) is 2. The zero-order valence-electron chi connectivity index (χ0n) is 13.6. The molecule has 2 aromatic rings. The lowest BCUT2D eigenvalue weighted by atomic mass is 9.90. The van der Waals surface area contributed by atoms with E-state index in [0.717, 1.165) is 25.6 Å². The van der Waals surface area contributed by atoms with Gasteiger partial charge < -0.3 is 5.11 Å². The molecule has 4 rings (SSSR count). The van der Waals surface area contributed by atoms with Crippen molar-refractivity contribution in [3.63, 3.8) is 0 Å². The third kappa shape index (κ3) is 2.87. The molecular formula is C20H24N2O. The van der Waals surface area contributed by atoms with Gasteiger partial charge in [0.15, 0.2) is 0 Å². The number of rotatable bonds is 3. The minimum absolute atomic E-state index is 0.365. The Kier molecular flexibility index (Phi) is 3.83. The van der Waals surface area contributed by atoms with E-state index in [9.17, 15) is 5.11 Å². The van der Waals surface area contributed by atoms with Crippen LogP contribution < -0.4 is 0 Å². The molecule has 2 aromatic carbocycles. The van der Waals surface area contributed by atoms with E-state index in [1.54, 1.807) is 6.07 Å². The lowest BCUT2D eigenvalue weighted by Crippen LogP contribution is -2.28. The van der Waals surface area contributed by atoms with Crippen LogP contribution in [-0.4, -0.2) is 41.6 Å². The zero-order chi connectivity index (χ0) is 15.8. The summed E-state index contributed by atoms with van der Waals surface area (Å²) in [6.07, 6.45) is 0. The molecule has 2 heterocycles. The quantitative estimate of drug-likeness (QED) is 0.944. The summed E-state index contributed by atoms with van der Waals surface area (Å²) in [5, 5.41) is 9.65. The fourth-order valence-corrected chi connectivity index (χ4v) is 4.54. The van der Waals surface area contributed by atoms with Gasteiger partial charge in [0.2, 0.25) is 0 Å². The molecule has 3 heteroatoms. The number of hydrogen-bond donors (Lipinski definition) is 1. The summed E-state index contributed by atoms with van der Waals surface area (Å²) in [5.74, 6) is 1.83. The molecule has 2 saturated heterocycles. The molecule has 0 amide bonds. The molecule has 0 radical (unpaired) electrons. The molecule has 1 N–H and O–H groups in total. The highest BCUT2D eigenvalue weighted by atomic mass is 16.3. The number of hydrogen-bond acceptors (Lipinski definition) is 3. The number of nitrogens with zero attached hydrogens (tertiary/aromatic N) is 2. The van der Waals surface area contributed by atoms with Gasteiger partial charge in [0.05, 0.1) is 0 Å². The summed E-state index contributed by atoms with van der Waals surface area (Å²) in [6, 6.07) is 19.1. The lowest BCUT2D eigenvalue weighted by molar-refractivity contribution is 0.224. The fourth-order valence-electron chi connectivity index (χ4n) is 4.54. The Labute approximate surface area is 138 Å². The molecule has 0 aliphatic carbocycles. The van der Waals surface area contributed by atoms with Crippen molar-refractivity contribution >= 4 is 0 Å². The van der Waals surface area contributed by atoms with Gasteiger partial charge in [-0.1, -0.05) is 42.5 Å². The van der Waals surface area contributed by atoms with Crippen molar-refractivity contribution in [2.45, 2.75) is 12.6 Å². The zero-order valence-corrected chi connectivity index (χ0v) is 13.6. The second-order valence-corrected chi connectivity index (χ2v) is 7.08. The molecule has 2 fully saturated rings. The third-order valence-electron chi connectivity index (χ3n) is 5.43. The van der Waals surface area contributed by atoms with Gasteiger partial charge in [0.25, 0.3) is 0 Å². The molecule has 23 heavy (non-hydrogen) atoms. The van der Waals surface area contributed by atoms with Gasteiger partial charge in [-0.15, -0.1) is 0 Å². The van der Waals surface area contributed by atoms with Crippen molar-refractivity contribution < 1.29 is 5.11 Å². The van der Waals surface area contributed by atoms with E-state index in [1.165, 1.54) is 17.7 Å². The van der Waals surface area contributed by atoms with Gasteiger partial charge >= 0.3 is 0 Å². The highest BCUT2D eigenvalue weighted by molar-refractivity contribution is 5.27. The van der Waals surface area contributed by atoms with E-state index >= 15 is 0 Å². The molecule has 0 saturated carbocycles. The first kappa shape index (κ1) is 14.7. The van der Waals surface area contributed by atoms with Gasteiger partial charge in [-0.2, -0.15) is 0 Å². The van der Waals surface area contributed by atoms with Gasteiger partial charge in [-0.3, -0.25) is 9.80 Å². The fraction of sp³-hybridized carbons (Fsp3) is 0.400. The molecule has 120 valence electrons. The van der Waals surface area contributed by atoms with Crippen LogP contribution in [0.4, 0.5) is 0 Å². The van der Waals surface area contributed by atoms with E-state index in [2.05, 4.69) is 53.2 Å². The van der Waals surface area contributed by atoms with Crippen molar-refractivity contribution in [2.75, 3.05) is 26.7 Å². The summed E-state index contributed by atoms with van der Waals surface area (Å²) >= 11 is 0. The number of fused-ring (bicyclic) bond motifs is 1. The van der Waals surface area contributed by atoms with E-state index in [0.29, 0.717) is 17.7 Å². The standard InChI is InChI=1S/C20H24N2O/c1-21-12-17-13-22(11-15-6-5-9-18(23)10-15)14-19(17)20(21)16-7-3-2-4-8-16/h2-10,17,19-20,23H,11-14H2,1H3/t17-,19+,20-/m0/s1. The molecule has 0 spiro atoms. The van der Waals surface area contributed by atoms with Crippen molar-refractivity contribution in [1.82, 2.24) is 9.80 Å². The SMILES string of the molecule is CN1C[C@H]2CN(Cc3cccc(O)c3)C[C@H]2[C@@H]1c1ccccc1. The maximum absolute atomic E-state index is 9.65. The number of benzene rings is 2. The average molecular weight is 308 g/mol. The molecule has 3 atom stereocenters. The van der Waals surface area contributed by atoms with Crippen molar-refractivity contribution in [3.8, 4) is 5.75 Å². The first-order valence-electron chi connectivity index (χ1n) is 8.46. The van der Waals surface area contributed by atoms with Crippen LogP contribution in [0, 0.1) is 11.8 Å². The predicted molar refractivity (Wildman–Crippen MR) is 92.2 cm³/mol. The second kappa shape index (κ2) is 5.99. The maximum atomic E-state index is 9.65. The van der Waals surface area contributed by atoms with Crippen LogP contribution in [0.3, 0.4) is 0 Å². The Morgan fingerprint density at radius 2 is 1.83 bits per heavy atom. The van der Waals surface area contributed by atoms with Crippen LogP contribution in [0.15, 0.2) is 54.6 Å². The summed E-state index contributed by atoms with van der Waals surface area (Å²) in [4.78, 5) is 5.07. The summed E-state index contributed by atoms with van der Waals surface area (Å²) in [7, 11) is 2.26. The molecule has 0 aromatic heterocycles. The van der Waals surface area contributed by atoms with E-state index in [-0.39, 0.29) is 0 Å². The van der Waals surface area contributed by atoms with Crippen molar-refractivity contribution in [2.24, 2.45) is 11.8 Å². The highest BCUT2D eigenvalue weighted by Crippen LogP contribution is 2.44. The van der Waals surface area contributed by atoms with Crippen molar-refractivity contribution in [3.05, 3.63) is 65.7 Å². The number of phenols is 1. The summed E-state index contributed by atoms with van der Waals surface area (Å²) in [6.45, 7) is 4.42. The van der Waals surface area contributed by atoms with Crippen LogP contribution >= 0.6 is 0 Å². The molecule has 0 bridgehead atoms. The van der Waals surface area contributed by atoms with Crippen LogP contribution in [0.25, 0.3) is 0 Å². The van der Waals surface area contributed by atoms with Gasteiger partial charge in [0, 0.05) is 32.2 Å². The number of aromatic hydroxyl groups is 1. The smallest absolute Gasteiger partial charge is 0.115 e. The monoisotopic (exact) mass is 308 g/mol. The normalized spacial score (nSPS) is 28.1. The van der Waals surface area contributed by atoms with E-state index in [4.69, 9.17) is 0 Å². The largest absolute Gasteiger partial charge is 0.508 e. The molecule has 0 unspecified atom stereocenters. The molecule has 2 aliphatic heterocycles. The van der Waals surface area contributed by atoms with Crippen LogP contribution in [0.5, 0.6) is 5.75 Å². The van der Waals surface area contributed by atoms with Crippen LogP contribution in [0.2, 0.25) is 0 Å². The Morgan fingerprint density at radius 1 is 1.00 bits per heavy atom. The third-order valence-corrected chi connectivity index (χ3v) is 5.43. The molecule has 3 nitrogen and oxygen atoms in total.